The van der Waals surface area contributed by atoms with Crippen LogP contribution in [-0.4, -0.2) is 31.6 Å². The van der Waals surface area contributed by atoms with Crippen molar-refractivity contribution < 1.29 is 30.7 Å². The minimum Gasteiger partial charge on any atom is -0.495 e. The summed E-state index contributed by atoms with van der Waals surface area (Å²) in [5, 5.41) is 3.82. The van der Waals surface area contributed by atoms with Crippen LogP contribution in [0, 0.1) is 11.6 Å². The molecular formula is C18H13ClF4N2O3S. The summed E-state index contributed by atoms with van der Waals surface area (Å²) >= 11 is 6.07. The van der Waals surface area contributed by atoms with Crippen molar-refractivity contribution >= 4 is 21.4 Å². The summed E-state index contributed by atoms with van der Waals surface area (Å²) in [5.41, 5.74) is -0.944. The molecule has 0 amide bonds. The van der Waals surface area contributed by atoms with Crippen molar-refractivity contribution in [3.63, 3.8) is 0 Å². The molecule has 0 aliphatic rings. The fourth-order valence-corrected chi connectivity index (χ4v) is 3.67. The predicted octanol–water partition coefficient (Wildman–Crippen LogP) is 4.82. The summed E-state index contributed by atoms with van der Waals surface area (Å²) in [5.74, 6) is -2.07. The molecule has 5 nitrogen and oxygen atoms in total. The highest BCUT2D eigenvalue weighted by molar-refractivity contribution is 7.90. The second-order valence-corrected chi connectivity index (χ2v) is 8.41. The molecule has 3 rings (SSSR count). The summed E-state index contributed by atoms with van der Waals surface area (Å²) in [7, 11) is -2.64. The number of methoxy groups -OCH3 is 1. The molecular weight excluding hydrogens is 436 g/mol. The zero-order chi connectivity index (χ0) is 21.5. The molecule has 0 saturated heterocycles. The molecule has 0 saturated carbocycles. The molecule has 0 fully saturated rings. The molecule has 11 heteroatoms. The Labute approximate surface area is 168 Å². The van der Waals surface area contributed by atoms with E-state index >= 15 is 0 Å². The average Bonchev–Trinajstić information content (AvgIpc) is 3.07. The second-order valence-electron chi connectivity index (χ2n) is 6.02. The van der Waals surface area contributed by atoms with Crippen LogP contribution in [0.2, 0.25) is 5.02 Å². The zero-order valence-electron chi connectivity index (χ0n) is 15.0. The molecule has 1 heterocycles. The smallest absolute Gasteiger partial charge is 0.282 e. The molecule has 0 unspecified atom stereocenters. The molecule has 0 spiro atoms. The molecule has 0 N–H and O–H groups in total. The molecule has 0 bridgehead atoms. The molecule has 0 aliphatic heterocycles. The maximum atomic E-state index is 14.6. The van der Waals surface area contributed by atoms with Gasteiger partial charge in [-0.05, 0) is 30.3 Å². The number of ether oxygens (including phenoxy) is 1. The molecule has 0 atom stereocenters. The van der Waals surface area contributed by atoms with Crippen LogP contribution in [0.4, 0.5) is 17.6 Å². The Balaban J connectivity index is 2.25. The number of nitrogens with zero attached hydrogens (tertiary/aromatic N) is 2. The summed E-state index contributed by atoms with van der Waals surface area (Å²) < 4.78 is 84.3. The van der Waals surface area contributed by atoms with Crippen molar-refractivity contribution in [2.75, 3.05) is 13.4 Å². The lowest BCUT2D eigenvalue weighted by atomic mass is 10.1. The molecule has 0 aliphatic carbocycles. The maximum absolute atomic E-state index is 14.6. The maximum Gasteiger partial charge on any atom is 0.282 e. The lowest BCUT2D eigenvalue weighted by Crippen LogP contribution is -2.08. The SMILES string of the molecule is COc1ccc(-c2cc(C(F)F)nn2-c2cc(F)c(S(C)(=O)=O)cc2F)cc1Cl. The number of halogens is 5. The van der Waals surface area contributed by atoms with Gasteiger partial charge in [0.2, 0.25) is 0 Å². The minimum atomic E-state index is -4.03. The van der Waals surface area contributed by atoms with Crippen LogP contribution < -0.4 is 4.74 Å². The van der Waals surface area contributed by atoms with Crippen LogP contribution in [0.3, 0.4) is 0 Å². The average molecular weight is 449 g/mol. The first kappa shape index (κ1) is 21.1. The quantitative estimate of drug-likeness (QED) is 0.525. The fraction of sp³-hybridized carbons (Fsp3) is 0.167. The number of hydrogen-bond acceptors (Lipinski definition) is 4. The highest BCUT2D eigenvalue weighted by atomic mass is 35.5. The van der Waals surface area contributed by atoms with Crippen LogP contribution in [0.25, 0.3) is 16.9 Å². The fourth-order valence-electron chi connectivity index (χ4n) is 2.69. The van der Waals surface area contributed by atoms with E-state index < -0.39 is 44.2 Å². The number of rotatable bonds is 5. The van der Waals surface area contributed by atoms with Crippen LogP contribution in [0.5, 0.6) is 5.75 Å². The third kappa shape index (κ3) is 4.08. The Morgan fingerprint density at radius 3 is 2.34 bits per heavy atom. The van der Waals surface area contributed by atoms with Crippen LogP contribution in [-0.2, 0) is 9.84 Å². The first-order valence-electron chi connectivity index (χ1n) is 7.94. The van der Waals surface area contributed by atoms with Gasteiger partial charge in [0, 0.05) is 17.9 Å². The molecule has 3 aromatic rings. The summed E-state index contributed by atoms with van der Waals surface area (Å²) in [6.45, 7) is 0. The molecule has 154 valence electrons. The van der Waals surface area contributed by atoms with Gasteiger partial charge in [-0.15, -0.1) is 0 Å². The number of sulfone groups is 1. The van der Waals surface area contributed by atoms with Crippen molar-refractivity contribution in [1.82, 2.24) is 9.78 Å². The van der Waals surface area contributed by atoms with Gasteiger partial charge in [0.15, 0.2) is 9.84 Å². The summed E-state index contributed by atoms with van der Waals surface area (Å²) in [6, 6.07) is 6.41. The second kappa shape index (κ2) is 7.68. The van der Waals surface area contributed by atoms with E-state index in [1.807, 2.05) is 0 Å². The van der Waals surface area contributed by atoms with Crippen LogP contribution in [0.1, 0.15) is 12.1 Å². The molecule has 29 heavy (non-hydrogen) atoms. The van der Waals surface area contributed by atoms with Crippen molar-refractivity contribution in [2.45, 2.75) is 11.3 Å². The van der Waals surface area contributed by atoms with Crippen molar-refractivity contribution in [2.24, 2.45) is 0 Å². The largest absolute Gasteiger partial charge is 0.495 e. The van der Waals surface area contributed by atoms with Gasteiger partial charge in [0.05, 0.1) is 17.8 Å². The lowest BCUT2D eigenvalue weighted by Gasteiger charge is -2.12. The lowest BCUT2D eigenvalue weighted by molar-refractivity contribution is 0.145. The number of benzene rings is 2. The van der Waals surface area contributed by atoms with Gasteiger partial charge in [-0.1, -0.05) is 11.6 Å². The first-order valence-corrected chi connectivity index (χ1v) is 10.2. The highest BCUT2D eigenvalue weighted by Crippen LogP contribution is 2.34. The topological polar surface area (TPSA) is 61.2 Å². The number of alkyl halides is 2. The Morgan fingerprint density at radius 1 is 1.10 bits per heavy atom. The predicted molar refractivity (Wildman–Crippen MR) is 98.5 cm³/mol. The Kier molecular flexibility index (Phi) is 5.59. The van der Waals surface area contributed by atoms with Gasteiger partial charge in [0.25, 0.3) is 6.43 Å². The minimum absolute atomic E-state index is 0.00439. The van der Waals surface area contributed by atoms with Gasteiger partial charge in [0.1, 0.15) is 33.7 Å². The normalized spacial score (nSPS) is 11.9. The van der Waals surface area contributed by atoms with E-state index in [1.54, 1.807) is 0 Å². The Morgan fingerprint density at radius 2 is 1.79 bits per heavy atom. The van der Waals surface area contributed by atoms with Gasteiger partial charge in [-0.3, -0.25) is 0 Å². The highest BCUT2D eigenvalue weighted by Gasteiger charge is 2.23. The van der Waals surface area contributed by atoms with E-state index in [9.17, 15) is 26.0 Å². The van der Waals surface area contributed by atoms with E-state index in [4.69, 9.17) is 16.3 Å². The Hall–Kier alpha value is -2.59. The summed E-state index contributed by atoms with van der Waals surface area (Å²) in [6.07, 6.45) is -2.26. The molecule has 2 aromatic carbocycles. The van der Waals surface area contributed by atoms with E-state index in [0.29, 0.717) is 17.9 Å². The standard InChI is InChI=1S/C18H13ClF4N2O3S/c1-28-16-4-3-9(5-10(16)19)14-8-13(18(22)23)24-25(14)15-6-12(21)17(7-11(15)20)29(2,26)27/h3-8,18H,1-2H3. The van der Waals surface area contributed by atoms with Gasteiger partial charge >= 0.3 is 0 Å². The van der Waals surface area contributed by atoms with Gasteiger partial charge < -0.3 is 4.74 Å². The monoisotopic (exact) mass is 448 g/mol. The Bertz CT molecular complexity index is 1200. The van der Waals surface area contributed by atoms with E-state index in [1.165, 1.54) is 25.3 Å². The molecule has 1 aromatic heterocycles. The van der Waals surface area contributed by atoms with Crippen molar-refractivity contribution in [3.8, 4) is 22.7 Å². The van der Waals surface area contributed by atoms with Gasteiger partial charge in [-0.25, -0.2) is 30.7 Å². The van der Waals surface area contributed by atoms with E-state index in [-0.39, 0.29) is 16.3 Å². The van der Waals surface area contributed by atoms with Gasteiger partial charge in [-0.2, -0.15) is 5.10 Å². The van der Waals surface area contributed by atoms with Crippen LogP contribution in [0.15, 0.2) is 41.3 Å². The third-order valence-electron chi connectivity index (χ3n) is 4.03. The third-order valence-corrected chi connectivity index (χ3v) is 5.44. The number of hydrogen-bond donors (Lipinski definition) is 0. The zero-order valence-corrected chi connectivity index (χ0v) is 16.5. The van der Waals surface area contributed by atoms with E-state index in [2.05, 4.69) is 5.10 Å². The first-order chi connectivity index (χ1) is 13.5. The van der Waals surface area contributed by atoms with Crippen molar-refractivity contribution in [3.05, 3.63) is 58.7 Å². The van der Waals surface area contributed by atoms with E-state index in [0.717, 1.165) is 17.0 Å². The van der Waals surface area contributed by atoms with Crippen molar-refractivity contribution in [1.29, 1.82) is 0 Å². The molecule has 0 radical (unpaired) electrons. The van der Waals surface area contributed by atoms with Crippen LogP contribution >= 0.6 is 11.6 Å². The number of aromatic nitrogens is 2. The summed E-state index contributed by atoms with van der Waals surface area (Å²) in [4.78, 5) is -0.853.